The number of benzene rings is 2. The molecule has 2 aromatic carbocycles. The zero-order chi connectivity index (χ0) is 18.9. The molecule has 0 saturated carbocycles. The van der Waals surface area contributed by atoms with Crippen molar-refractivity contribution in [1.29, 1.82) is 0 Å². The highest BCUT2D eigenvalue weighted by molar-refractivity contribution is 5.53. The molecule has 0 spiro atoms. The van der Waals surface area contributed by atoms with Gasteiger partial charge in [-0.3, -0.25) is 10.1 Å². The molecule has 0 unspecified atom stereocenters. The summed E-state index contributed by atoms with van der Waals surface area (Å²) in [5, 5.41) is 19.1. The summed E-state index contributed by atoms with van der Waals surface area (Å²) in [5.74, 6) is 0.883. The molecule has 0 radical (unpaired) electrons. The van der Waals surface area contributed by atoms with Crippen molar-refractivity contribution in [2.75, 3.05) is 6.61 Å². The van der Waals surface area contributed by atoms with E-state index in [1.165, 1.54) is 31.4 Å². The Kier molecular flexibility index (Phi) is 7.26. The molecule has 0 fully saturated rings. The zero-order valence-electron chi connectivity index (χ0n) is 15.6. The normalized spacial score (nSPS) is 11.0. The third kappa shape index (κ3) is 5.65. The Labute approximate surface area is 154 Å². The van der Waals surface area contributed by atoms with E-state index in [0.29, 0.717) is 5.69 Å². The highest BCUT2D eigenvalue weighted by atomic mass is 16.6. The summed E-state index contributed by atoms with van der Waals surface area (Å²) >= 11 is 0. The molecule has 6 heteroatoms. The number of rotatable bonds is 9. The highest BCUT2D eigenvalue weighted by Crippen LogP contribution is 2.30. The summed E-state index contributed by atoms with van der Waals surface area (Å²) < 4.78 is 5.88. The minimum Gasteiger partial charge on any atom is -0.493 e. The Bertz CT molecular complexity index is 771. The van der Waals surface area contributed by atoms with Crippen molar-refractivity contribution in [3.63, 3.8) is 0 Å². The van der Waals surface area contributed by atoms with Crippen molar-refractivity contribution < 1.29 is 9.66 Å². The number of nitrogens with zero attached hydrogens (tertiary/aromatic N) is 3. The molecular weight excluding hydrogens is 330 g/mol. The SMILES string of the molecule is CCCCCCOc1cc(C)c(N=Nc2ccc([N+](=O)[O-])cc2)cc1C. The minimum atomic E-state index is -0.435. The van der Waals surface area contributed by atoms with Crippen LogP contribution in [0.25, 0.3) is 0 Å². The summed E-state index contributed by atoms with van der Waals surface area (Å²) in [5.41, 5.74) is 3.37. The number of hydrogen-bond acceptors (Lipinski definition) is 5. The lowest BCUT2D eigenvalue weighted by atomic mass is 10.1. The maximum absolute atomic E-state index is 10.7. The summed E-state index contributed by atoms with van der Waals surface area (Å²) in [7, 11) is 0. The number of nitro groups is 1. The van der Waals surface area contributed by atoms with Gasteiger partial charge in [0.15, 0.2) is 0 Å². The molecule has 138 valence electrons. The first-order valence-corrected chi connectivity index (χ1v) is 8.91. The van der Waals surface area contributed by atoms with E-state index in [-0.39, 0.29) is 5.69 Å². The van der Waals surface area contributed by atoms with Crippen LogP contribution in [0.4, 0.5) is 17.1 Å². The van der Waals surface area contributed by atoms with Crippen molar-refractivity contribution in [1.82, 2.24) is 0 Å². The monoisotopic (exact) mass is 355 g/mol. The average Bonchev–Trinajstić information content (AvgIpc) is 2.63. The summed E-state index contributed by atoms with van der Waals surface area (Å²) in [6.45, 7) is 6.88. The van der Waals surface area contributed by atoms with Gasteiger partial charge in [0.25, 0.3) is 5.69 Å². The van der Waals surface area contributed by atoms with E-state index in [2.05, 4.69) is 17.2 Å². The molecule has 0 aromatic heterocycles. The Morgan fingerprint density at radius 2 is 1.73 bits per heavy atom. The molecule has 0 bridgehead atoms. The third-order valence-electron chi connectivity index (χ3n) is 4.08. The molecule has 0 aliphatic heterocycles. The maximum atomic E-state index is 10.7. The van der Waals surface area contributed by atoms with Gasteiger partial charge in [-0.2, -0.15) is 10.2 Å². The van der Waals surface area contributed by atoms with Gasteiger partial charge in [0.05, 0.1) is 22.9 Å². The first-order chi connectivity index (χ1) is 12.5. The number of azo groups is 1. The van der Waals surface area contributed by atoms with Crippen LogP contribution in [-0.2, 0) is 0 Å². The van der Waals surface area contributed by atoms with Crippen molar-refractivity contribution in [3.8, 4) is 5.75 Å². The van der Waals surface area contributed by atoms with Gasteiger partial charge in [0.1, 0.15) is 5.75 Å². The predicted octanol–water partition coefficient (Wildman–Crippen LogP) is 6.59. The van der Waals surface area contributed by atoms with Gasteiger partial charge in [-0.05, 0) is 55.7 Å². The summed E-state index contributed by atoms with van der Waals surface area (Å²) in [4.78, 5) is 10.2. The van der Waals surface area contributed by atoms with Gasteiger partial charge in [0.2, 0.25) is 0 Å². The van der Waals surface area contributed by atoms with Gasteiger partial charge in [-0.25, -0.2) is 0 Å². The first-order valence-electron chi connectivity index (χ1n) is 8.91. The second-order valence-electron chi connectivity index (χ2n) is 6.29. The van der Waals surface area contributed by atoms with Crippen LogP contribution < -0.4 is 4.74 Å². The largest absolute Gasteiger partial charge is 0.493 e. The zero-order valence-corrected chi connectivity index (χ0v) is 15.6. The second kappa shape index (κ2) is 9.65. The fraction of sp³-hybridized carbons (Fsp3) is 0.400. The van der Waals surface area contributed by atoms with Gasteiger partial charge >= 0.3 is 0 Å². The number of aryl methyl sites for hydroxylation is 2. The third-order valence-corrected chi connectivity index (χ3v) is 4.08. The van der Waals surface area contributed by atoms with Crippen molar-refractivity contribution in [2.45, 2.75) is 46.5 Å². The molecule has 0 atom stereocenters. The topological polar surface area (TPSA) is 77.1 Å². The van der Waals surface area contributed by atoms with Crippen LogP contribution in [-0.4, -0.2) is 11.5 Å². The number of nitro benzene ring substituents is 1. The van der Waals surface area contributed by atoms with Crippen LogP contribution in [0.1, 0.15) is 43.7 Å². The Morgan fingerprint density at radius 3 is 2.38 bits per heavy atom. The maximum Gasteiger partial charge on any atom is 0.269 e. The molecule has 0 saturated heterocycles. The van der Waals surface area contributed by atoms with Gasteiger partial charge in [0, 0.05) is 12.1 Å². The molecular formula is C20H25N3O3. The Morgan fingerprint density at radius 1 is 1.00 bits per heavy atom. The quantitative estimate of drug-likeness (QED) is 0.220. The van der Waals surface area contributed by atoms with E-state index in [1.54, 1.807) is 12.1 Å². The van der Waals surface area contributed by atoms with Crippen molar-refractivity contribution in [3.05, 3.63) is 57.6 Å². The summed E-state index contributed by atoms with van der Waals surface area (Å²) in [6, 6.07) is 9.93. The van der Waals surface area contributed by atoms with E-state index >= 15 is 0 Å². The number of hydrogen-bond donors (Lipinski definition) is 0. The molecule has 26 heavy (non-hydrogen) atoms. The minimum absolute atomic E-state index is 0.0383. The molecule has 2 rings (SSSR count). The molecule has 0 aliphatic carbocycles. The Balaban J connectivity index is 2.03. The molecule has 0 amide bonds. The smallest absolute Gasteiger partial charge is 0.269 e. The lowest BCUT2D eigenvalue weighted by molar-refractivity contribution is -0.384. The predicted molar refractivity (Wildman–Crippen MR) is 103 cm³/mol. The van der Waals surface area contributed by atoms with Crippen molar-refractivity contribution in [2.24, 2.45) is 10.2 Å². The van der Waals surface area contributed by atoms with E-state index < -0.39 is 4.92 Å². The fourth-order valence-corrected chi connectivity index (χ4v) is 2.50. The standard InChI is InChI=1S/C20H25N3O3/c1-4-5-6-7-12-26-20-14-15(2)19(13-16(20)3)22-21-17-8-10-18(11-9-17)23(24)25/h8-11,13-14H,4-7,12H2,1-3H3. The van der Waals surface area contributed by atoms with Gasteiger partial charge in [-0.15, -0.1) is 0 Å². The fourth-order valence-electron chi connectivity index (χ4n) is 2.50. The van der Waals surface area contributed by atoms with Crippen LogP contribution in [0.5, 0.6) is 5.75 Å². The van der Waals surface area contributed by atoms with Crippen LogP contribution in [0.3, 0.4) is 0 Å². The van der Waals surface area contributed by atoms with Gasteiger partial charge in [-0.1, -0.05) is 26.2 Å². The Hall–Kier alpha value is -2.76. The van der Waals surface area contributed by atoms with E-state index in [1.807, 2.05) is 26.0 Å². The van der Waals surface area contributed by atoms with Crippen LogP contribution >= 0.6 is 0 Å². The number of non-ortho nitro benzene ring substituents is 1. The van der Waals surface area contributed by atoms with E-state index in [0.717, 1.165) is 35.6 Å². The first kappa shape index (κ1) is 19.6. The van der Waals surface area contributed by atoms with E-state index in [9.17, 15) is 10.1 Å². The molecule has 6 nitrogen and oxygen atoms in total. The lowest BCUT2D eigenvalue weighted by Crippen LogP contribution is -1.99. The number of ether oxygens (including phenoxy) is 1. The summed E-state index contributed by atoms with van der Waals surface area (Å²) in [6.07, 6.45) is 4.71. The lowest BCUT2D eigenvalue weighted by Gasteiger charge is -2.11. The highest BCUT2D eigenvalue weighted by Gasteiger charge is 2.06. The van der Waals surface area contributed by atoms with Crippen molar-refractivity contribution >= 4 is 17.1 Å². The molecule has 0 aliphatic rings. The van der Waals surface area contributed by atoms with Crippen LogP contribution in [0.15, 0.2) is 46.6 Å². The number of unbranched alkanes of at least 4 members (excludes halogenated alkanes) is 3. The van der Waals surface area contributed by atoms with Crippen LogP contribution in [0.2, 0.25) is 0 Å². The van der Waals surface area contributed by atoms with Crippen LogP contribution in [0, 0.1) is 24.0 Å². The average molecular weight is 355 g/mol. The molecule has 0 N–H and O–H groups in total. The van der Waals surface area contributed by atoms with Gasteiger partial charge < -0.3 is 4.74 Å². The second-order valence-corrected chi connectivity index (χ2v) is 6.29. The van der Waals surface area contributed by atoms with E-state index in [4.69, 9.17) is 4.74 Å². The molecule has 2 aromatic rings. The molecule has 0 heterocycles.